The number of hydrogen-bond donors (Lipinski definition) is 1. The maximum atomic E-state index is 5.92. The van der Waals surface area contributed by atoms with Crippen LogP contribution in [0.4, 0.5) is 5.69 Å². The van der Waals surface area contributed by atoms with Crippen molar-refractivity contribution in [1.82, 2.24) is 4.90 Å². The molecule has 0 atom stereocenters. The van der Waals surface area contributed by atoms with Gasteiger partial charge in [0.05, 0.1) is 13.7 Å². The van der Waals surface area contributed by atoms with Crippen molar-refractivity contribution in [1.29, 1.82) is 0 Å². The minimum atomic E-state index is -0.281. The summed E-state index contributed by atoms with van der Waals surface area (Å²) >= 11 is 0. The molecule has 1 heterocycles. The lowest BCUT2D eigenvalue weighted by molar-refractivity contribution is -0.0914. The van der Waals surface area contributed by atoms with Crippen LogP contribution in [0.1, 0.15) is 12.8 Å². The summed E-state index contributed by atoms with van der Waals surface area (Å²) in [5.74, 6) is 1.50. The number of rotatable bonds is 10. The van der Waals surface area contributed by atoms with Crippen LogP contribution in [0.3, 0.4) is 0 Å². The van der Waals surface area contributed by atoms with Gasteiger partial charge in [0, 0.05) is 32.5 Å². The second kappa shape index (κ2) is 9.60. The van der Waals surface area contributed by atoms with Crippen LogP contribution in [0.2, 0.25) is 0 Å². The lowest BCUT2D eigenvalue weighted by atomic mass is 10.2. The maximum absolute atomic E-state index is 5.92. The molecular weight excluding hydrogens is 296 g/mol. The Morgan fingerprint density at radius 2 is 1.83 bits per heavy atom. The Morgan fingerprint density at radius 1 is 1.09 bits per heavy atom. The largest absolute Gasteiger partial charge is 0.493 e. The summed E-state index contributed by atoms with van der Waals surface area (Å²) in [4.78, 5) is 2.43. The minimum absolute atomic E-state index is 0.281. The van der Waals surface area contributed by atoms with E-state index in [2.05, 4.69) is 10.2 Å². The molecule has 0 radical (unpaired) electrons. The molecule has 0 saturated carbocycles. The molecule has 0 aromatic heterocycles. The molecule has 1 fully saturated rings. The molecule has 6 heteroatoms. The van der Waals surface area contributed by atoms with E-state index in [1.165, 1.54) is 25.9 Å². The third-order valence-electron chi connectivity index (χ3n) is 4.03. The van der Waals surface area contributed by atoms with E-state index >= 15 is 0 Å². The molecule has 1 N–H and O–H groups in total. The first-order chi connectivity index (χ1) is 11.3. The molecule has 0 amide bonds. The van der Waals surface area contributed by atoms with Crippen LogP contribution in [0, 0.1) is 0 Å². The lowest BCUT2D eigenvalue weighted by Crippen LogP contribution is -2.25. The summed E-state index contributed by atoms with van der Waals surface area (Å²) in [6.45, 7) is 4.54. The topological polar surface area (TPSA) is 52.2 Å². The highest BCUT2D eigenvalue weighted by Gasteiger charge is 2.12. The number of nitrogens with zero attached hydrogens (tertiary/aromatic N) is 1. The quantitative estimate of drug-likeness (QED) is 0.666. The van der Waals surface area contributed by atoms with E-state index in [4.69, 9.17) is 18.9 Å². The number of anilines is 1. The van der Waals surface area contributed by atoms with Crippen molar-refractivity contribution in [3.8, 4) is 11.5 Å². The fraction of sp³-hybridized carbons (Fsp3) is 0.647. The molecule has 1 aliphatic heterocycles. The lowest BCUT2D eigenvalue weighted by Gasteiger charge is -2.18. The van der Waals surface area contributed by atoms with Crippen molar-refractivity contribution in [2.75, 3.05) is 59.4 Å². The average molecular weight is 324 g/mol. The van der Waals surface area contributed by atoms with E-state index in [1.54, 1.807) is 21.3 Å². The van der Waals surface area contributed by atoms with Crippen molar-refractivity contribution in [3.05, 3.63) is 18.2 Å². The highest BCUT2D eigenvalue weighted by atomic mass is 16.7. The van der Waals surface area contributed by atoms with Gasteiger partial charge in [0.1, 0.15) is 6.61 Å². The molecule has 6 nitrogen and oxygen atoms in total. The van der Waals surface area contributed by atoms with Gasteiger partial charge in [0.25, 0.3) is 0 Å². The number of benzene rings is 1. The van der Waals surface area contributed by atoms with Crippen molar-refractivity contribution < 1.29 is 18.9 Å². The van der Waals surface area contributed by atoms with Gasteiger partial charge in [-0.2, -0.15) is 0 Å². The van der Waals surface area contributed by atoms with Gasteiger partial charge in [-0.25, -0.2) is 0 Å². The SMILES string of the molecule is COc1ccc(NCC(OC)OC)cc1OCCN1CCCC1. The van der Waals surface area contributed by atoms with Crippen LogP contribution in [-0.4, -0.2) is 65.3 Å². The van der Waals surface area contributed by atoms with Crippen LogP contribution in [0.25, 0.3) is 0 Å². The van der Waals surface area contributed by atoms with Gasteiger partial charge < -0.3 is 24.3 Å². The van der Waals surface area contributed by atoms with E-state index in [0.29, 0.717) is 13.2 Å². The molecule has 1 aromatic rings. The molecule has 1 aromatic carbocycles. The van der Waals surface area contributed by atoms with Crippen LogP contribution in [0.15, 0.2) is 18.2 Å². The zero-order chi connectivity index (χ0) is 16.5. The van der Waals surface area contributed by atoms with Crippen LogP contribution < -0.4 is 14.8 Å². The van der Waals surface area contributed by atoms with Crippen molar-refractivity contribution in [2.24, 2.45) is 0 Å². The van der Waals surface area contributed by atoms with Crippen LogP contribution in [-0.2, 0) is 9.47 Å². The van der Waals surface area contributed by atoms with Gasteiger partial charge >= 0.3 is 0 Å². The molecule has 0 unspecified atom stereocenters. The minimum Gasteiger partial charge on any atom is -0.493 e. The molecule has 0 spiro atoms. The van der Waals surface area contributed by atoms with E-state index < -0.39 is 0 Å². The molecular formula is C17H28N2O4. The number of ether oxygens (including phenoxy) is 4. The zero-order valence-electron chi connectivity index (χ0n) is 14.3. The van der Waals surface area contributed by atoms with E-state index in [9.17, 15) is 0 Å². The average Bonchev–Trinajstić information content (AvgIpc) is 3.09. The Hall–Kier alpha value is -1.50. The predicted octanol–water partition coefficient (Wildman–Crippen LogP) is 2.20. The second-order valence-corrected chi connectivity index (χ2v) is 5.54. The third-order valence-corrected chi connectivity index (χ3v) is 4.03. The molecule has 0 bridgehead atoms. The fourth-order valence-corrected chi connectivity index (χ4v) is 2.65. The first-order valence-electron chi connectivity index (χ1n) is 8.09. The standard InChI is InChI=1S/C17H28N2O4/c1-20-15-7-6-14(18-13-17(21-2)22-3)12-16(15)23-11-10-19-8-4-5-9-19/h6-7,12,17-18H,4-5,8-11,13H2,1-3H3. The zero-order valence-corrected chi connectivity index (χ0v) is 14.3. The van der Waals surface area contributed by atoms with Gasteiger partial charge in [0.2, 0.25) is 0 Å². The summed E-state index contributed by atoms with van der Waals surface area (Å²) < 4.78 is 21.6. The van der Waals surface area contributed by atoms with E-state index in [0.717, 1.165) is 23.7 Å². The van der Waals surface area contributed by atoms with Crippen molar-refractivity contribution in [3.63, 3.8) is 0 Å². The van der Waals surface area contributed by atoms with Gasteiger partial charge in [0.15, 0.2) is 17.8 Å². The molecule has 2 rings (SSSR count). The Bertz CT molecular complexity index is 460. The summed E-state index contributed by atoms with van der Waals surface area (Å²) in [6, 6.07) is 5.81. The van der Waals surface area contributed by atoms with E-state index in [-0.39, 0.29) is 6.29 Å². The number of likely N-dealkylation sites (tertiary alicyclic amines) is 1. The highest BCUT2D eigenvalue weighted by Crippen LogP contribution is 2.30. The summed E-state index contributed by atoms with van der Waals surface area (Å²) in [6.07, 6.45) is 2.31. The van der Waals surface area contributed by atoms with Crippen molar-refractivity contribution in [2.45, 2.75) is 19.1 Å². The first-order valence-corrected chi connectivity index (χ1v) is 8.09. The highest BCUT2D eigenvalue weighted by molar-refractivity contribution is 5.54. The third kappa shape index (κ3) is 5.57. The Kier molecular flexibility index (Phi) is 7.45. The van der Waals surface area contributed by atoms with Crippen LogP contribution in [0.5, 0.6) is 11.5 Å². The van der Waals surface area contributed by atoms with Gasteiger partial charge in [-0.15, -0.1) is 0 Å². The summed E-state index contributed by atoms with van der Waals surface area (Å²) in [5.41, 5.74) is 0.945. The smallest absolute Gasteiger partial charge is 0.173 e. The molecule has 1 aliphatic rings. The maximum Gasteiger partial charge on any atom is 0.173 e. The van der Waals surface area contributed by atoms with Gasteiger partial charge in [-0.1, -0.05) is 0 Å². The van der Waals surface area contributed by atoms with Crippen LogP contribution >= 0.6 is 0 Å². The molecule has 0 aliphatic carbocycles. The second-order valence-electron chi connectivity index (χ2n) is 5.54. The Balaban J connectivity index is 1.89. The van der Waals surface area contributed by atoms with Crippen molar-refractivity contribution >= 4 is 5.69 Å². The predicted molar refractivity (Wildman–Crippen MR) is 90.5 cm³/mol. The summed E-state index contributed by atoms with van der Waals surface area (Å²) in [7, 11) is 4.90. The fourth-order valence-electron chi connectivity index (χ4n) is 2.65. The molecule has 1 saturated heterocycles. The van der Waals surface area contributed by atoms with Gasteiger partial charge in [-0.05, 0) is 38.1 Å². The number of hydrogen-bond acceptors (Lipinski definition) is 6. The normalized spacial score (nSPS) is 15.1. The Labute approximate surface area is 138 Å². The number of methoxy groups -OCH3 is 3. The Morgan fingerprint density at radius 3 is 2.48 bits per heavy atom. The number of nitrogens with one attached hydrogen (secondary N) is 1. The van der Waals surface area contributed by atoms with E-state index in [1.807, 2.05) is 18.2 Å². The first kappa shape index (κ1) is 17.8. The monoisotopic (exact) mass is 324 g/mol. The molecule has 130 valence electrons. The molecule has 23 heavy (non-hydrogen) atoms. The van der Waals surface area contributed by atoms with Gasteiger partial charge in [-0.3, -0.25) is 4.90 Å². The summed E-state index contributed by atoms with van der Waals surface area (Å²) in [5, 5.41) is 3.27.